The summed E-state index contributed by atoms with van der Waals surface area (Å²) in [7, 11) is 0. The Morgan fingerprint density at radius 2 is 1.00 bits per heavy atom. The minimum Gasteiger partial charge on any atom is -0.423 e. The van der Waals surface area contributed by atoms with Gasteiger partial charge in [0.05, 0.1) is 11.1 Å². The Bertz CT molecular complexity index is 1280. The van der Waals surface area contributed by atoms with Gasteiger partial charge in [0.1, 0.15) is 11.5 Å². The molecule has 36 heavy (non-hydrogen) atoms. The van der Waals surface area contributed by atoms with Gasteiger partial charge in [-0.3, -0.25) is 0 Å². The fraction of sp³-hybridized carbons (Fsp3) is 0.133. The molecule has 0 bridgehead atoms. The van der Waals surface area contributed by atoms with Gasteiger partial charge in [0, 0.05) is 12.6 Å². The molecule has 0 N–H and O–H groups in total. The summed E-state index contributed by atoms with van der Waals surface area (Å²) in [4.78, 5) is 25.1. The Labute approximate surface area is 238 Å². The van der Waals surface area contributed by atoms with Crippen LogP contribution in [0.4, 0.5) is 0 Å². The molecule has 0 radical (unpaired) electrons. The molecule has 0 unspecified atom stereocenters. The molecule has 0 aliphatic carbocycles. The molecule has 4 aromatic rings. The van der Waals surface area contributed by atoms with Gasteiger partial charge in [-0.15, -0.1) is 0 Å². The maximum Gasteiger partial charge on any atom is 0.344 e. The maximum atomic E-state index is 12.5. The van der Waals surface area contributed by atoms with Crippen molar-refractivity contribution in [2.45, 2.75) is 25.7 Å². The fourth-order valence-corrected chi connectivity index (χ4v) is 5.15. The second kappa shape index (κ2) is 11.6. The van der Waals surface area contributed by atoms with E-state index in [2.05, 4.69) is 59.0 Å². The van der Waals surface area contributed by atoms with Gasteiger partial charge in [0.25, 0.3) is 0 Å². The van der Waals surface area contributed by atoms with E-state index >= 15 is 0 Å². The first kappa shape index (κ1) is 26.3. The molecular weight excluding hydrogens is 678 g/mol. The lowest BCUT2D eigenvalue weighted by atomic mass is 9.74. The molecule has 4 aromatic carbocycles. The SMILES string of the molecule is CCC(C)(c1ccc(OC(=O)c2ccccc2I)cc1)c1ccc(OC(=O)c2ccccc2I)cc1. The molecule has 4 rings (SSSR count). The number of hydrogen-bond acceptors (Lipinski definition) is 4. The van der Waals surface area contributed by atoms with Crippen LogP contribution in [0.2, 0.25) is 0 Å². The van der Waals surface area contributed by atoms with E-state index in [9.17, 15) is 9.59 Å². The molecule has 0 amide bonds. The fourth-order valence-electron chi connectivity index (χ4n) is 3.93. The third-order valence-corrected chi connectivity index (χ3v) is 8.18. The highest BCUT2D eigenvalue weighted by Crippen LogP contribution is 2.37. The minimum absolute atomic E-state index is 0.269. The Balaban J connectivity index is 1.49. The molecule has 4 nitrogen and oxygen atoms in total. The summed E-state index contributed by atoms with van der Waals surface area (Å²) in [6.07, 6.45) is 0.857. The third-order valence-electron chi connectivity index (χ3n) is 6.30. The van der Waals surface area contributed by atoms with Crippen molar-refractivity contribution in [1.82, 2.24) is 0 Å². The first-order valence-corrected chi connectivity index (χ1v) is 13.6. The third kappa shape index (κ3) is 5.81. The molecule has 6 heteroatoms. The number of rotatable bonds is 7. The minimum atomic E-state index is -0.374. The van der Waals surface area contributed by atoms with E-state index in [4.69, 9.17) is 9.47 Å². The van der Waals surface area contributed by atoms with Crippen LogP contribution in [0.1, 0.15) is 52.1 Å². The number of esters is 2. The van der Waals surface area contributed by atoms with Crippen LogP contribution in [0, 0.1) is 7.14 Å². The summed E-state index contributed by atoms with van der Waals surface area (Å²) in [6.45, 7) is 4.31. The zero-order valence-corrected chi connectivity index (χ0v) is 24.1. The first-order valence-electron chi connectivity index (χ1n) is 11.5. The predicted molar refractivity (Wildman–Crippen MR) is 158 cm³/mol. The summed E-state index contributed by atoms with van der Waals surface area (Å²) in [5.74, 6) is 0.252. The molecule has 0 aliphatic rings. The highest BCUT2D eigenvalue weighted by atomic mass is 127. The van der Waals surface area contributed by atoms with Gasteiger partial charge in [-0.05, 0) is 111 Å². The van der Waals surface area contributed by atoms with Crippen molar-refractivity contribution in [2.24, 2.45) is 0 Å². The van der Waals surface area contributed by atoms with Crippen molar-refractivity contribution >= 4 is 57.1 Å². The molecule has 182 valence electrons. The van der Waals surface area contributed by atoms with Crippen LogP contribution in [0.25, 0.3) is 0 Å². The van der Waals surface area contributed by atoms with E-state index in [-0.39, 0.29) is 17.4 Å². The van der Waals surface area contributed by atoms with Crippen molar-refractivity contribution in [3.05, 3.63) is 126 Å². The number of carbonyl (C=O) groups excluding carboxylic acids is 2. The Kier molecular flexibility index (Phi) is 8.46. The zero-order chi connectivity index (χ0) is 25.7. The van der Waals surface area contributed by atoms with Crippen molar-refractivity contribution < 1.29 is 19.1 Å². The molecule has 0 saturated heterocycles. The molecule has 0 aliphatic heterocycles. The van der Waals surface area contributed by atoms with Crippen LogP contribution >= 0.6 is 45.2 Å². The van der Waals surface area contributed by atoms with Gasteiger partial charge in [0.15, 0.2) is 0 Å². The van der Waals surface area contributed by atoms with Gasteiger partial charge in [0.2, 0.25) is 0 Å². The van der Waals surface area contributed by atoms with E-state index < -0.39 is 0 Å². The number of ether oxygens (including phenoxy) is 2. The van der Waals surface area contributed by atoms with E-state index in [0.717, 1.165) is 24.7 Å². The highest BCUT2D eigenvalue weighted by molar-refractivity contribution is 14.1. The van der Waals surface area contributed by atoms with Crippen molar-refractivity contribution in [2.75, 3.05) is 0 Å². The summed E-state index contributed by atoms with van der Waals surface area (Å²) < 4.78 is 12.9. The molecule has 0 heterocycles. The lowest BCUT2D eigenvalue weighted by Gasteiger charge is -2.30. The van der Waals surface area contributed by atoms with Gasteiger partial charge >= 0.3 is 11.9 Å². The van der Waals surface area contributed by atoms with Crippen LogP contribution < -0.4 is 9.47 Å². The van der Waals surface area contributed by atoms with Crippen LogP contribution in [0.15, 0.2) is 97.1 Å². The Hall–Kier alpha value is -2.72. The van der Waals surface area contributed by atoms with Crippen LogP contribution in [0.3, 0.4) is 0 Å². The molecule has 0 fully saturated rings. The number of carbonyl (C=O) groups is 2. The number of hydrogen-bond donors (Lipinski definition) is 0. The van der Waals surface area contributed by atoms with Gasteiger partial charge in [-0.25, -0.2) is 9.59 Å². The highest BCUT2D eigenvalue weighted by Gasteiger charge is 2.27. The van der Waals surface area contributed by atoms with Gasteiger partial charge < -0.3 is 9.47 Å². The standard InChI is InChI=1S/C30H24I2O4/c1-3-30(2,20-12-16-22(17-13-20)35-28(33)24-8-4-6-10-26(24)31)21-14-18-23(19-15-21)36-29(34)25-9-5-7-11-27(25)32/h4-19H,3H2,1-2H3. The van der Waals surface area contributed by atoms with Crippen LogP contribution in [0.5, 0.6) is 11.5 Å². The van der Waals surface area contributed by atoms with Gasteiger partial charge in [-0.1, -0.05) is 62.4 Å². The number of benzene rings is 4. The quantitative estimate of drug-likeness (QED) is 0.111. The largest absolute Gasteiger partial charge is 0.423 e. The lowest BCUT2D eigenvalue weighted by Crippen LogP contribution is -2.22. The van der Waals surface area contributed by atoms with Crippen molar-refractivity contribution in [3.63, 3.8) is 0 Å². The maximum absolute atomic E-state index is 12.5. The lowest BCUT2D eigenvalue weighted by molar-refractivity contribution is 0.0724. The normalized spacial score (nSPS) is 11.1. The van der Waals surface area contributed by atoms with Gasteiger partial charge in [-0.2, -0.15) is 0 Å². The Morgan fingerprint density at radius 3 is 1.33 bits per heavy atom. The van der Waals surface area contributed by atoms with E-state index in [1.807, 2.05) is 84.9 Å². The molecule has 0 aromatic heterocycles. The van der Waals surface area contributed by atoms with Crippen LogP contribution in [-0.4, -0.2) is 11.9 Å². The second-order valence-corrected chi connectivity index (χ2v) is 10.8. The summed E-state index contributed by atoms with van der Waals surface area (Å²) >= 11 is 4.26. The smallest absolute Gasteiger partial charge is 0.344 e. The molecule has 0 saturated carbocycles. The monoisotopic (exact) mass is 702 g/mol. The van der Waals surface area contributed by atoms with Crippen molar-refractivity contribution in [1.29, 1.82) is 0 Å². The van der Waals surface area contributed by atoms with E-state index in [1.54, 1.807) is 12.1 Å². The van der Waals surface area contributed by atoms with Crippen molar-refractivity contribution in [3.8, 4) is 11.5 Å². The molecule has 0 atom stereocenters. The topological polar surface area (TPSA) is 52.6 Å². The Morgan fingerprint density at radius 1 is 0.639 bits per heavy atom. The molecule has 0 spiro atoms. The van der Waals surface area contributed by atoms with Crippen LogP contribution in [-0.2, 0) is 5.41 Å². The van der Waals surface area contributed by atoms with E-state index in [1.165, 1.54) is 0 Å². The second-order valence-electron chi connectivity index (χ2n) is 8.47. The summed E-state index contributed by atoms with van der Waals surface area (Å²) in [6, 6.07) is 30.0. The molecular formula is C30H24I2O4. The summed E-state index contributed by atoms with van der Waals surface area (Å²) in [5, 5.41) is 0. The first-order chi connectivity index (χ1) is 17.3. The zero-order valence-electron chi connectivity index (χ0n) is 19.8. The number of halogens is 2. The van der Waals surface area contributed by atoms with E-state index in [0.29, 0.717) is 22.6 Å². The predicted octanol–water partition coefficient (Wildman–Crippen LogP) is 8.05. The average molecular weight is 702 g/mol. The summed E-state index contributed by atoms with van der Waals surface area (Å²) in [5.41, 5.74) is 3.02. The average Bonchev–Trinajstić information content (AvgIpc) is 2.89.